The van der Waals surface area contributed by atoms with Gasteiger partial charge >= 0.3 is 5.97 Å². The summed E-state index contributed by atoms with van der Waals surface area (Å²) in [5, 5.41) is 21.8. The van der Waals surface area contributed by atoms with E-state index in [1.54, 1.807) is 0 Å². The summed E-state index contributed by atoms with van der Waals surface area (Å²) in [6.07, 6.45) is -2.21. The van der Waals surface area contributed by atoms with Crippen molar-refractivity contribution in [2.45, 2.75) is 121 Å². The first-order valence-electron chi connectivity index (χ1n) is 11.8. The molecule has 4 saturated heterocycles. The number of hydrogen-bond acceptors (Lipinski definition) is 9. The van der Waals surface area contributed by atoms with Gasteiger partial charge in [0.2, 0.25) is 0 Å². The molecular weight excluding hydrogens is 420 g/mol. The number of esters is 1. The molecule has 0 aliphatic carbocycles. The van der Waals surface area contributed by atoms with Crippen molar-refractivity contribution in [3.63, 3.8) is 0 Å². The van der Waals surface area contributed by atoms with E-state index >= 15 is 0 Å². The SMILES string of the molecule is CC1(C)OC[C@@H](C[C@H]2O[C@H]3[C@@H](O)[C@H]4OC(CCOC(=O)C(C)(C)C)CC[C@@H]4O[C@H]3[C@H]2O)O1. The smallest absolute Gasteiger partial charge is 0.311 e. The average Bonchev–Trinajstić information content (AvgIpc) is 3.21. The van der Waals surface area contributed by atoms with Crippen LogP contribution in [0.1, 0.15) is 60.3 Å². The Morgan fingerprint density at radius 2 is 1.72 bits per heavy atom. The van der Waals surface area contributed by atoms with E-state index in [-0.39, 0.29) is 30.9 Å². The molecule has 9 heteroatoms. The summed E-state index contributed by atoms with van der Waals surface area (Å²) in [5.41, 5.74) is -0.538. The number of rotatable bonds is 5. The molecule has 4 heterocycles. The Morgan fingerprint density at radius 3 is 2.38 bits per heavy atom. The van der Waals surface area contributed by atoms with Gasteiger partial charge in [0.1, 0.15) is 30.5 Å². The minimum absolute atomic E-state index is 0.132. The highest BCUT2D eigenvalue weighted by Gasteiger charge is 2.57. The highest BCUT2D eigenvalue weighted by Crippen LogP contribution is 2.40. The Balaban J connectivity index is 1.30. The van der Waals surface area contributed by atoms with E-state index in [0.717, 1.165) is 6.42 Å². The fourth-order valence-corrected chi connectivity index (χ4v) is 4.97. The first kappa shape index (κ1) is 24.3. The van der Waals surface area contributed by atoms with E-state index < -0.39 is 47.8 Å². The van der Waals surface area contributed by atoms with Gasteiger partial charge in [0.25, 0.3) is 0 Å². The maximum Gasteiger partial charge on any atom is 0.311 e. The summed E-state index contributed by atoms with van der Waals surface area (Å²) in [6.45, 7) is 9.88. The lowest BCUT2D eigenvalue weighted by molar-refractivity contribution is -0.260. The van der Waals surface area contributed by atoms with Crippen LogP contribution in [0, 0.1) is 5.41 Å². The average molecular weight is 459 g/mol. The number of fused-ring (bicyclic) bond motifs is 2. The van der Waals surface area contributed by atoms with E-state index in [1.807, 2.05) is 34.6 Å². The molecule has 0 aromatic rings. The lowest BCUT2D eigenvalue weighted by atomic mass is 9.88. The second-order valence-electron chi connectivity index (χ2n) is 10.9. The van der Waals surface area contributed by atoms with Crippen LogP contribution in [-0.4, -0.2) is 90.1 Å². The number of aliphatic hydroxyl groups excluding tert-OH is 2. The molecule has 4 fully saturated rings. The van der Waals surface area contributed by atoms with Crippen molar-refractivity contribution in [2.75, 3.05) is 13.2 Å². The van der Waals surface area contributed by atoms with Gasteiger partial charge in [0.05, 0.1) is 43.0 Å². The Hall–Kier alpha value is -0.810. The molecule has 184 valence electrons. The van der Waals surface area contributed by atoms with Gasteiger partial charge in [0.15, 0.2) is 5.79 Å². The van der Waals surface area contributed by atoms with Crippen molar-refractivity contribution < 1.29 is 43.4 Å². The van der Waals surface area contributed by atoms with Crippen LogP contribution in [0.4, 0.5) is 0 Å². The van der Waals surface area contributed by atoms with Gasteiger partial charge in [-0.25, -0.2) is 0 Å². The second-order valence-corrected chi connectivity index (χ2v) is 10.9. The van der Waals surface area contributed by atoms with Crippen molar-refractivity contribution in [1.82, 2.24) is 0 Å². The molecule has 9 atom stereocenters. The number of hydrogen-bond donors (Lipinski definition) is 2. The molecule has 4 aliphatic rings. The molecule has 0 amide bonds. The maximum atomic E-state index is 12.0. The minimum atomic E-state index is -0.907. The lowest BCUT2D eigenvalue weighted by Gasteiger charge is -2.46. The van der Waals surface area contributed by atoms with Crippen LogP contribution in [0.3, 0.4) is 0 Å². The van der Waals surface area contributed by atoms with Gasteiger partial charge in [-0.15, -0.1) is 0 Å². The predicted octanol–water partition coefficient (Wildman–Crippen LogP) is 1.31. The molecule has 32 heavy (non-hydrogen) atoms. The molecule has 0 radical (unpaired) electrons. The zero-order valence-electron chi connectivity index (χ0n) is 19.7. The molecule has 4 aliphatic heterocycles. The van der Waals surface area contributed by atoms with E-state index in [4.69, 9.17) is 28.4 Å². The molecule has 0 saturated carbocycles. The zero-order chi connectivity index (χ0) is 23.3. The van der Waals surface area contributed by atoms with Crippen molar-refractivity contribution in [3.8, 4) is 0 Å². The van der Waals surface area contributed by atoms with Crippen LogP contribution < -0.4 is 0 Å². The van der Waals surface area contributed by atoms with Gasteiger partial charge in [-0.2, -0.15) is 0 Å². The summed E-state index contributed by atoms with van der Waals surface area (Å²) in [7, 11) is 0. The fourth-order valence-electron chi connectivity index (χ4n) is 4.97. The molecular formula is C23H38O9. The van der Waals surface area contributed by atoms with E-state index in [2.05, 4.69) is 0 Å². The van der Waals surface area contributed by atoms with Gasteiger partial charge in [-0.3, -0.25) is 4.79 Å². The Kier molecular flexibility index (Phi) is 6.91. The summed E-state index contributed by atoms with van der Waals surface area (Å²) in [5.74, 6) is -0.884. The van der Waals surface area contributed by atoms with Gasteiger partial charge in [-0.05, 0) is 47.5 Å². The fraction of sp³-hybridized carbons (Fsp3) is 0.957. The standard InChI is InChI=1S/C23H38O9/c1-22(2,3)21(26)27-9-8-12-6-7-14-18(29-12)17(25)20-19(30-14)16(24)15(31-20)10-13-11-28-23(4,5)32-13/h12-20,24-25H,6-11H2,1-5H3/t12?,13-,14+,15-,16+,17+,18+,19+,20+/m1/s1. The monoisotopic (exact) mass is 458 g/mol. The molecule has 9 nitrogen and oxygen atoms in total. The molecule has 0 aromatic carbocycles. The van der Waals surface area contributed by atoms with E-state index in [9.17, 15) is 15.0 Å². The number of aliphatic hydroxyl groups is 2. The third kappa shape index (κ3) is 5.14. The minimum Gasteiger partial charge on any atom is -0.465 e. The first-order chi connectivity index (χ1) is 14.9. The van der Waals surface area contributed by atoms with Crippen LogP contribution >= 0.6 is 0 Å². The van der Waals surface area contributed by atoms with Gasteiger partial charge in [-0.1, -0.05) is 0 Å². The quantitative estimate of drug-likeness (QED) is 0.589. The van der Waals surface area contributed by atoms with Crippen molar-refractivity contribution in [3.05, 3.63) is 0 Å². The summed E-state index contributed by atoms with van der Waals surface area (Å²) in [6, 6.07) is 0. The molecule has 1 unspecified atom stereocenters. The second kappa shape index (κ2) is 9.09. The summed E-state index contributed by atoms with van der Waals surface area (Å²) < 4.78 is 35.1. The van der Waals surface area contributed by atoms with Gasteiger partial charge in [0, 0.05) is 12.8 Å². The Bertz CT molecular complexity index is 675. The summed E-state index contributed by atoms with van der Waals surface area (Å²) >= 11 is 0. The predicted molar refractivity (Wildman–Crippen MR) is 112 cm³/mol. The van der Waals surface area contributed by atoms with E-state index in [0.29, 0.717) is 25.9 Å². The van der Waals surface area contributed by atoms with Crippen LogP contribution in [0.2, 0.25) is 0 Å². The first-order valence-corrected chi connectivity index (χ1v) is 11.8. The largest absolute Gasteiger partial charge is 0.465 e. The van der Waals surface area contributed by atoms with Crippen molar-refractivity contribution in [2.24, 2.45) is 5.41 Å². The van der Waals surface area contributed by atoms with Crippen molar-refractivity contribution in [1.29, 1.82) is 0 Å². The molecule has 2 N–H and O–H groups in total. The van der Waals surface area contributed by atoms with Crippen LogP contribution in [0.15, 0.2) is 0 Å². The number of ether oxygens (including phenoxy) is 6. The molecule has 0 bridgehead atoms. The molecule has 0 aromatic heterocycles. The van der Waals surface area contributed by atoms with Gasteiger partial charge < -0.3 is 38.6 Å². The topological polar surface area (TPSA) is 113 Å². The van der Waals surface area contributed by atoms with Crippen LogP contribution in [0.25, 0.3) is 0 Å². The Labute approximate surface area is 189 Å². The molecule has 4 rings (SSSR count). The normalized spacial score (nSPS) is 43.5. The highest BCUT2D eigenvalue weighted by atomic mass is 16.7. The summed E-state index contributed by atoms with van der Waals surface area (Å²) in [4.78, 5) is 12.0. The number of carbonyl (C=O) groups is 1. The lowest BCUT2D eigenvalue weighted by Crippen LogP contribution is -2.61. The Morgan fingerprint density at radius 1 is 1.00 bits per heavy atom. The third-order valence-electron chi connectivity index (χ3n) is 6.72. The van der Waals surface area contributed by atoms with E-state index in [1.165, 1.54) is 0 Å². The zero-order valence-corrected chi connectivity index (χ0v) is 19.7. The number of carbonyl (C=O) groups excluding carboxylic acids is 1. The van der Waals surface area contributed by atoms with Crippen LogP contribution in [-0.2, 0) is 33.2 Å². The molecule has 0 spiro atoms. The van der Waals surface area contributed by atoms with Crippen molar-refractivity contribution >= 4 is 5.97 Å². The maximum absolute atomic E-state index is 12.0. The van der Waals surface area contributed by atoms with Crippen LogP contribution in [0.5, 0.6) is 0 Å². The third-order valence-corrected chi connectivity index (χ3v) is 6.72. The highest BCUT2D eigenvalue weighted by molar-refractivity contribution is 5.75.